The molecule has 1 aliphatic heterocycles. The second kappa shape index (κ2) is 13.3. The first-order valence-electron chi connectivity index (χ1n) is 19.0. The predicted octanol–water partition coefficient (Wildman–Crippen LogP) is 12.2. The van der Waals surface area contributed by atoms with E-state index in [4.69, 9.17) is 24.4 Å². The van der Waals surface area contributed by atoms with E-state index >= 15 is 0 Å². The number of fused-ring (bicyclic) bond motifs is 6. The summed E-state index contributed by atoms with van der Waals surface area (Å²) in [5.74, 6) is 4.22. The molecule has 2 aromatic heterocycles. The monoisotopic (exact) mass is 732 g/mol. The molecule has 3 heterocycles. The average molecular weight is 733 g/mol. The van der Waals surface area contributed by atoms with Crippen LogP contribution in [0.4, 0.5) is 0 Å². The maximum absolute atomic E-state index is 7.00. The number of hydrogen-bond acceptors (Lipinski definition) is 6. The lowest BCUT2D eigenvalue weighted by molar-refractivity contribution is 0.360. The van der Waals surface area contributed by atoms with Crippen molar-refractivity contribution >= 4 is 0 Å². The summed E-state index contributed by atoms with van der Waals surface area (Å²) < 4.78 is 13.6. The minimum absolute atomic E-state index is 0.523. The fraction of sp³-hybridized carbons (Fsp3) is 0.0196. The van der Waals surface area contributed by atoms with Gasteiger partial charge >= 0.3 is 0 Å². The average Bonchev–Trinajstić information content (AvgIpc) is 3.61. The van der Waals surface area contributed by atoms with Gasteiger partial charge in [0.15, 0.2) is 40.5 Å². The van der Waals surface area contributed by atoms with Crippen LogP contribution >= 0.6 is 0 Å². The third-order valence-corrected chi connectivity index (χ3v) is 10.9. The van der Waals surface area contributed by atoms with Crippen molar-refractivity contribution in [2.75, 3.05) is 0 Å². The molecular formula is C51H32N4O2. The summed E-state index contributed by atoms with van der Waals surface area (Å²) >= 11 is 0. The number of pyridine rings is 1. The summed E-state index contributed by atoms with van der Waals surface area (Å²) in [5.41, 5.74) is 10.7. The first-order chi connectivity index (χ1) is 28.2. The summed E-state index contributed by atoms with van der Waals surface area (Å²) in [4.78, 5) is 19.6. The van der Waals surface area contributed by atoms with Crippen LogP contribution in [-0.4, -0.2) is 19.9 Å². The van der Waals surface area contributed by atoms with Gasteiger partial charge in [-0.25, -0.2) is 15.0 Å². The van der Waals surface area contributed by atoms with Crippen molar-refractivity contribution in [3.63, 3.8) is 0 Å². The van der Waals surface area contributed by atoms with Gasteiger partial charge in [-0.15, -0.1) is 0 Å². The Balaban J connectivity index is 1.05. The van der Waals surface area contributed by atoms with E-state index in [1.807, 2.05) is 91.0 Å². The van der Waals surface area contributed by atoms with Gasteiger partial charge < -0.3 is 9.47 Å². The SMILES string of the molecule is c1ccc(-c2nc(-c3cccc(-c4ccccn4)c3)nc(-c3ccc4c(c3)Oc3c(ccc5c3-c3ccccc3C5(c3ccccc3)c3ccccc3)O4)n2)cc1. The van der Waals surface area contributed by atoms with Crippen LogP contribution in [0.3, 0.4) is 0 Å². The molecule has 0 fully saturated rings. The molecule has 0 spiro atoms. The molecule has 7 aromatic carbocycles. The second-order valence-corrected chi connectivity index (χ2v) is 14.2. The van der Waals surface area contributed by atoms with Gasteiger partial charge in [0.2, 0.25) is 0 Å². The van der Waals surface area contributed by atoms with E-state index in [-0.39, 0.29) is 0 Å². The molecule has 0 N–H and O–H groups in total. The number of rotatable bonds is 6. The molecule has 0 saturated heterocycles. The first kappa shape index (κ1) is 32.7. The molecule has 0 bridgehead atoms. The highest BCUT2D eigenvalue weighted by Gasteiger charge is 2.48. The summed E-state index contributed by atoms with van der Waals surface area (Å²) in [5, 5.41) is 0. The lowest BCUT2D eigenvalue weighted by atomic mass is 9.68. The van der Waals surface area contributed by atoms with Crippen molar-refractivity contribution in [1.29, 1.82) is 0 Å². The zero-order chi connectivity index (χ0) is 37.8. The molecule has 57 heavy (non-hydrogen) atoms. The molecule has 6 heteroatoms. The van der Waals surface area contributed by atoms with Gasteiger partial charge in [0.25, 0.3) is 0 Å². The second-order valence-electron chi connectivity index (χ2n) is 14.2. The Kier molecular flexibility index (Phi) is 7.60. The van der Waals surface area contributed by atoms with Crippen molar-refractivity contribution in [2.45, 2.75) is 5.41 Å². The number of aromatic nitrogens is 4. The Hall–Kier alpha value is -7.70. The Morgan fingerprint density at radius 3 is 1.70 bits per heavy atom. The number of hydrogen-bond donors (Lipinski definition) is 0. The van der Waals surface area contributed by atoms with E-state index in [1.54, 1.807) is 6.20 Å². The van der Waals surface area contributed by atoms with Crippen LogP contribution < -0.4 is 9.47 Å². The van der Waals surface area contributed by atoms with Crippen LogP contribution in [-0.2, 0) is 5.41 Å². The molecule has 1 aliphatic carbocycles. The summed E-state index contributed by atoms with van der Waals surface area (Å²) in [6.45, 7) is 0. The highest BCUT2D eigenvalue weighted by Crippen LogP contribution is 2.62. The summed E-state index contributed by atoms with van der Waals surface area (Å²) in [6.07, 6.45) is 1.80. The molecule has 2 aliphatic rings. The highest BCUT2D eigenvalue weighted by atomic mass is 16.6. The minimum Gasteiger partial charge on any atom is -0.449 e. The Bertz CT molecular complexity index is 2920. The van der Waals surface area contributed by atoms with E-state index in [0.717, 1.165) is 44.6 Å². The number of benzene rings is 7. The topological polar surface area (TPSA) is 70.0 Å². The lowest BCUT2D eigenvalue weighted by Gasteiger charge is -2.34. The van der Waals surface area contributed by atoms with Gasteiger partial charge in [-0.3, -0.25) is 4.98 Å². The Morgan fingerprint density at radius 2 is 0.982 bits per heavy atom. The number of ether oxygens (including phenoxy) is 2. The van der Waals surface area contributed by atoms with E-state index < -0.39 is 5.41 Å². The molecular weight excluding hydrogens is 701 g/mol. The van der Waals surface area contributed by atoms with Gasteiger partial charge in [-0.1, -0.05) is 146 Å². The Labute approximate surface area is 329 Å². The van der Waals surface area contributed by atoms with Crippen molar-refractivity contribution in [3.8, 4) is 79.5 Å². The molecule has 9 aromatic rings. The van der Waals surface area contributed by atoms with Crippen LogP contribution in [0.1, 0.15) is 22.3 Å². The summed E-state index contributed by atoms with van der Waals surface area (Å²) in [7, 11) is 0. The maximum Gasteiger partial charge on any atom is 0.178 e. The van der Waals surface area contributed by atoms with Gasteiger partial charge in [0, 0.05) is 34.0 Å². The van der Waals surface area contributed by atoms with Gasteiger partial charge in [-0.05, 0) is 70.3 Å². The molecule has 0 unspecified atom stereocenters. The fourth-order valence-electron chi connectivity index (χ4n) is 8.40. The van der Waals surface area contributed by atoms with Crippen molar-refractivity contribution < 1.29 is 9.47 Å². The standard InChI is InChI=1S/C51H32N4O2/c1-4-15-33(16-5-1)48-53-49(35-18-14-17-34(31-35)42-25-12-13-30-52-42)55-50(54-48)36-26-28-43-45(32-36)57-47-44(56-43)29-27-41-46(47)39-23-10-11-24-40(39)51(41,37-19-6-2-7-20-37)38-21-8-3-9-22-38/h1-32H. The normalized spacial score (nSPS) is 13.0. The van der Waals surface area contributed by atoms with Gasteiger partial charge in [-0.2, -0.15) is 0 Å². The van der Waals surface area contributed by atoms with Crippen LogP contribution in [0.15, 0.2) is 194 Å². The molecule has 0 amide bonds. The molecule has 6 nitrogen and oxygen atoms in total. The number of nitrogens with zero attached hydrogens (tertiary/aromatic N) is 4. The third kappa shape index (κ3) is 5.34. The molecule has 0 atom stereocenters. The van der Waals surface area contributed by atoms with Crippen molar-refractivity contribution in [2.24, 2.45) is 0 Å². The third-order valence-electron chi connectivity index (χ3n) is 10.9. The molecule has 0 saturated carbocycles. The van der Waals surface area contributed by atoms with Crippen LogP contribution in [0.25, 0.3) is 56.5 Å². The highest BCUT2D eigenvalue weighted by molar-refractivity contribution is 5.92. The van der Waals surface area contributed by atoms with Crippen LogP contribution in [0.2, 0.25) is 0 Å². The quantitative estimate of drug-likeness (QED) is 0.169. The lowest BCUT2D eigenvalue weighted by Crippen LogP contribution is -2.28. The van der Waals surface area contributed by atoms with E-state index in [2.05, 4.69) is 102 Å². The van der Waals surface area contributed by atoms with Crippen molar-refractivity contribution in [3.05, 3.63) is 217 Å². The zero-order valence-electron chi connectivity index (χ0n) is 30.6. The minimum atomic E-state index is -0.558. The van der Waals surface area contributed by atoms with Gasteiger partial charge in [0.1, 0.15) is 0 Å². The van der Waals surface area contributed by atoms with Crippen LogP contribution in [0.5, 0.6) is 23.0 Å². The Morgan fingerprint density at radius 1 is 0.386 bits per heavy atom. The smallest absolute Gasteiger partial charge is 0.178 e. The maximum atomic E-state index is 7.00. The van der Waals surface area contributed by atoms with E-state index in [0.29, 0.717) is 40.5 Å². The molecule has 0 radical (unpaired) electrons. The zero-order valence-corrected chi connectivity index (χ0v) is 30.6. The van der Waals surface area contributed by atoms with E-state index in [9.17, 15) is 0 Å². The largest absolute Gasteiger partial charge is 0.449 e. The van der Waals surface area contributed by atoms with Crippen molar-refractivity contribution in [1.82, 2.24) is 19.9 Å². The molecule has 11 rings (SSSR count). The summed E-state index contributed by atoms with van der Waals surface area (Å²) in [6, 6.07) is 64.3. The first-order valence-corrected chi connectivity index (χ1v) is 19.0. The predicted molar refractivity (Wildman–Crippen MR) is 223 cm³/mol. The fourth-order valence-corrected chi connectivity index (χ4v) is 8.40. The van der Waals surface area contributed by atoms with E-state index in [1.165, 1.54) is 16.7 Å². The van der Waals surface area contributed by atoms with Crippen LogP contribution in [0, 0.1) is 0 Å². The molecule has 268 valence electrons. The van der Waals surface area contributed by atoms with Gasteiger partial charge in [0.05, 0.1) is 11.1 Å².